The number of aliphatic hydroxyl groups is 1. The Hall–Kier alpha value is -1.94. The van der Waals surface area contributed by atoms with E-state index in [0.717, 1.165) is 52.0 Å². The molecule has 0 amide bonds. The van der Waals surface area contributed by atoms with E-state index in [0.29, 0.717) is 6.42 Å². The van der Waals surface area contributed by atoms with Crippen molar-refractivity contribution in [2.24, 2.45) is 5.92 Å². The largest absolute Gasteiger partial charge is 0.385 e. The molecule has 3 heteroatoms. The third-order valence-corrected chi connectivity index (χ3v) is 7.29. The molecular weight excluding hydrogens is 380 g/mol. The maximum Gasteiger partial charge on any atom is 0.0940 e. The van der Waals surface area contributed by atoms with Gasteiger partial charge >= 0.3 is 0 Å². The first kappa shape index (κ1) is 22.3. The van der Waals surface area contributed by atoms with Crippen molar-refractivity contribution in [1.82, 2.24) is 9.80 Å². The van der Waals surface area contributed by atoms with Crippen molar-refractivity contribution in [3.8, 4) is 0 Å². The third kappa shape index (κ3) is 5.65. The summed E-state index contributed by atoms with van der Waals surface area (Å²) >= 11 is 0. The Bertz CT molecular complexity index is 852. The minimum absolute atomic E-state index is 0.259. The van der Waals surface area contributed by atoms with Crippen LogP contribution in [0.2, 0.25) is 0 Å². The van der Waals surface area contributed by atoms with Gasteiger partial charge in [0, 0.05) is 45.1 Å². The highest BCUT2D eigenvalue weighted by atomic mass is 16.3. The Kier molecular flexibility index (Phi) is 7.27. The zero-order chi connectivity index (χ0) is 21.7. The predicted molar refractivity (Wildman–Crippen MR) is 130 cm³/mol. The summed E-state index contributed by atoms with van der Waals surface area (Å²) in [5.74, 6) is 0.259. The molecule has 0 spiro atoms. The first-order valence-electron chi connectivity index (χ1n) is 12.0. The molecule has 2 unspecified atom stereocenters. The number of likely N-dealkylation sites (N-methyl/N-ethyl adjacent to an activating group) is 1. The van der Waals surface area contributed by atoms with Gasteiger partial charge in [-0.3, -0.25) is 0 Å². The van der Waals surface area contributed by atoms with Crippen molar-refractivity contribution < 1.29 is 5.11 Å². The molecule has 2 atom stereocenters. The van der Waals surface area contributed by atoms with E-state index in [2.05, 4.69) is 84.4 Å². The lowest BCUT2D eigenvalue weighted by Crippen LogP contribution is -2.51. The van der Waals surface area contributed by atoms with E-state index in [-0.39, 0.29) is 5.92 Å². The monoisotopic (exact) mass is 418 g/mol. The van der Waals surface area contributed by atoms with Gasteiger partial charge in [0.05, 0.1) is 5.60 Å². The van der Waals surface area contributed by atoms with Crippen LogP contribution in [0.25, 0.3) is 6.08 Å². The lowest BCUT2D eigenvalue weighted by molar-refractivity contribution is -0.00643. The van der Waals surface area contributed by atoms with Crippen LogP contribution in [-0.2, 0) is 6.42 Å². The Morgan fingerprint density at radius 1 is 0.968 bits per heavy atom. The lowest BCUT2D eigenvalue weighted by Gasteiger charge is -2.42. The fraction of sp³-hybridized carbons (Fsp3) is 0.500. The van der Waals surface area contributed by atoms with E-state index >= 15 is 0 Å². The zero-order valence-corrected chi connectivity index (χ0v) is 19.3. The van der Waals surface area contributed by atoms with Crippen molar-refractivity contribution in [3.05, 3.63) is 76.9 Å². The number of benzene rings is 2. The number of nitrogens with zero attached hydrogens (tertiary/aromatic N) is 2. The molecular formula is C28H38N2O. The van der Waals surface area contributed by atoms with Crippen LogP contribution in [-0.4, -0.2) is 60.3 Å². The van der Waals surface area contributed by atoms with Crippen LogP contribution < -0.4 is 0 Å². The van der Waals surface area contributed by atoms with Crippen LogP contribution in [0.15, 0.2) is 60.2 Å². The second-order valence-corrected chi connectivity index (χ2v) is 9.71. The summed E-state index contributed by atoms with van der Waals surface area (Å²) in [5.41, 5.74) is 4.12. The first-order valence-corrected chi connectivity index (χ1v) is 12.0. The van der Waals surface area contributed by atoms with Gasteiger partial charge in [0.15, 0.2) is 0 Å². The summed E-state index contributed by atoms with van der Waals surface area (Å²) in [6, 6.07) is 19.3. The summed E-state index contributed by atoms with van der Waals surface area (Å²) in [7, 11) is 2.21. The average molecular weight is 419 g/mol. The highest BCUT2D eigenvalue weighted by Gasteiger charge is 2.42. The van der Waals surface area contributed by atoms with Crippen molar-refractivity contribution in [1.29, 1.82) is 0 Å². The topological polar surface area (TPSA) is 26.7 Å². The van der Waals surface area contributed by atoms with E-state index < -0.39 is 5.60 Å². The first-order chi connectivity index (χ1) is 15.0. The van der Waals surface area contributed by atoms with Gasteiger partial charge in [-0.15, -0.1) is 0 Å². The van der Waals surface area contributed by atoms with Crippen molar-refractivity contribution in [2.45, 2.75) is 44.6 Å². The second-order valence-electron chi connectivity index (χ2n) is 9.71. The fourth-order valence-electron chi connectivity index (χ4n) is 5.23. The van der Waals surface area contributed by atoms with Crippen LogP contribution in [0, 0.1) is 12.8 Å². The Labute approximate surface area is 188 Å². The number of hydrogen-bond acceptors (Lipinski definition) is 3. The smallest absolute Gasteiger partial charge is 0.0940 e. The zero-order valence-electron chi connectivity index (χ0n) is 19.3. The van der Waals surface area contributed by atoms with E-state index in [1.807, 2.05) is 0 Å². The maximum atomic E-state index is 12.4. The van der Waals surface area contributed by atoms with E-state index in [1.165, 1.54) is 28.7 Å². The van der Waals surface area contributed by atoms with Crippen LogP contribution in [0.1, 0.15) is 42.4 Å². The molecule has 4 rings (SSSR count). The van der Waals surface area contributed by atoms with Gasteiger partial charge in [-0.25, -0.2) is 0 Å². The summed E-state index contributed by atoms with van der Waals surface area (Å²) < 4.78 is 0. The number of hydrogen-bond donors (Lipinski definition) is 1. The summed E-state index contributed by atoms with van der Waals surface area (Å²) in [6.07, 6.45) is 7.41. The van der Waals surface area contributed by atoms with Gasteiger partial charge in [-0.05, 0) is 49.9 Å². The minimum Gasteiger partial charge on any atom is -0.385 e. The molecule has 2 aromatic carbocycles. The summed E-state index contributed by atoms with van der Waals surface area (Å²) in [5, 5.41) is 12.4. The molecule has 31 heavy (non-hydrogen) atoms. The molecule has 166 valence electrons. The Morgan fingerprint density at radius 2 is 1.68 bits per heavy atom. The van der Waals surface area contributed by atoms with Crippen LogP contribution >= 0.6 is 0 Å². The average Bonchev–Trinajstić information content (AvgIpc) is 2.92. The van der Waals surface area contributed by atoms with Crippen molar-refractivity contribution >= 4 is 6.08 Å². The molecule has 1 aliphatic heterocycles. The van der Waals surface area contributed by atoms with Gasteiger partial charge in [0.25, 0.3) is 0 Å². The summed E-state index contributed by atoms with van der Waals surface area (Å²) in [6.45, 7) is 7.56. The minimum atomic E-state index is -0.801. The normalized spacial score (nSPS) is 27.3. The lowest BCUT2D eigenvalue weighted by atomic mass is 9.74. The van der Waals surface area contributed by atoms with Crippen LogP contribution in [0.3, 0.4) is 0 Å². The predicted octanol–water partition coefficient (Wildman–Crippen LogP) is 4.79. The quantitative estimate of drug-likeness (QED) is 0.707. The van der Waals surface area contributed by atoms with Gasteiger partial charge in [-0.1, -0.05) is 72.7 Å². The Balaban J connectivity index is 1.66. The van der Waals surface area contributed by atoms with E-state index in [1.54, 1.807) is 0 Å². The molecule has 0 bridgehead atoms. The molecule has 1 heterocycles. The maximum absolute atomic E-state index is 12.4. The fourth-order valence-corrected chi connectivity index (χ4v) is 5.23. The molecule has 0 aromatic heterocycles. The standard InChI is InChI=1S/C28H38N2O/c1-23-12-14-25(15-13-23)21-28(31)26(20-24-8-4-3-5-9-24)10-6-7-11-27(28)22-30-18-16-29(2)17-19-30/h3-5,8-9,12-15,20,27,31H,6-7,10-11,16-19,21-22H2,1-2H3/b26-20-. The van der Waals surface area contributed by atoms with Gasteiger partial charge in [0.2, 0.25) is 0 Å². The van der Waals surface area contributed by atoms with Gasteiger partial charge in [0.1, 0.15) is 0 Å². The van der Waals surface area contributed by atoms with Crippen molar-refractivity contribution in [3.63, 3.8) is 0 Å². The molecule has 2 fully saturated rings. The highest BCUT2D eigenvalue weighted by molar-refractivity contribution is 5.56. The molecule has 0 radical (unpaired) electrons. The molecule has 1 N–H and O–H groups in total. The SMILES string of the molecule is Cc1ccc(CC2(O)/C(=C\c3ccccc3)CCCCC2CN2CCN(C)CC2)cc1. The summed E-state index contributed by atoms with van der Waals surface area (Å²) in [4.78, 5) is 4.99. The number of rotatable bonds is 5. The van der Waals surface area contributed by atoms with Crippen LogP contribution in [0.4, 0.5) is 0 Å². The van der Waals surface area contributed by atoms with Crippen molar-refractivity contribution in [2.75, 3.05) is 39.8 Å². The van der Waals surface area contributed by atoms with E-state index in [9.17, 15) is 5.11 Å². The third-order valence-electron chi connectivity index (χ3n) is 7.29. The molecule has 1 saturated heterocycles. The highest BCUT2D eigenvalue weighted by Crippen LogP contribution is 2.40. The molecule has 1 saturated carbocycles. The number of piperazine rings is 1. The van der Waals surface area contributed by atoms with Gasteiger partial charge in [-0.2, -0.15) is 0 Å². The van der Waals surface area contributed by atoms with Crippen LogP contribution in [0.5, 0.6) is 0 Å². The molecule has 2 aliphatic rings. The molecule has 3 nitrogen and oxygen atoms in total. The molecule has 2 aromatic rings. The van der Waals surface area contributed by atoms with Gasteiger partial charge < -0.3 is 14.9 Å². The molecule has 1 aliphatic carbocycles. The van der Waals surface area contributed by atoms with E-state index in [4.69, 9.17) is 0 Å². The number of aryl methyl sites for hydroxylation is 1. The Morgan fingerprint density at radius 3 is 2.39 bits per heavy atom. The second kappa shape index (κ2) is 10.1.